The summed E-state index contributed by atoms with van der Waals surface area (Å²) in [6, 6.07) is 11.2. The highest BCUT2D eigenvalue weighted by molar-refractivity contribution is 6.20. The predicted octanol–water partition coefficient (Wildman–Crippen LogP) is 0.716. The summed E-state index contributed by atoms with van der Waals surface area (Å²) in [5.41, 5.74) is 5.49. The zero-order valence-corrected chi connectivity index (χ0v) is 9.91. The van der Waals surface area contributed by atoms with Crippen LogP contribution in [-0.4, -0.2) is 23.4 Å². The fraction of sp³-hybridized carbons (Fsp3) is 0.0769. The molecule has 0 aliphatic rings. The van der Waals surface area contributed by atoms with E-state index in [1.807, 2.05) is 6.07 Å². The molecule has 0 aromatic heterocycles. The third-order valence-corrected chi connectivity index (χ3v) is 1.88. The molecule has 0 spiro atoms. The van der Waals surface area contributed by atoms with Crippen molar-refractivity contribution in [3.8, 4) is 12.1 Å². The van der Waals surface area contributed by atoms with E-state index in [-0.39, 0.29) is 12.1 Å². The summed E-state index contributed by atoms with van der Waals surface area (Å²) in [5, 5.41) is 23.3. The summed E-state index contributed by atoms with van der Waals surface area (Å²) in [5.74, 6) is -1.83. The minimum atomic E-state index is -1.26. The van der Waals surface area contributed by atoms with Crippen molar-refractivity contribution in [3.05, 3.63) is 41.5 Å². The fourth-order valence-electron chi connectivity index (χ4n) is 1.09. The van der Waals surface area contributed by atoms with Crippen molar-refractivity contribution in [2.45, 2.75) is 0 Å². The smallest absolute Gasteiger partial charge is 0.339 e. The Morgan fingerprint density at radius 3 is 2.11 bits per heavy atom. The second-order valence-electron chi connectivity index (χ2n) is 3.12. The van der Waals surface area contributed by atoms with Gasteiger partial charge < -0.3 is 10.8 Å². The van der Waals surface area contributed by atoms with Gasteiger partial charge >= 0.3 is 5.97 Å². The second kappa shape index (κ2) is 9.11. The van der Waals surface area contributed by atoms with E-state index in [9.17, 15) is 9.59 Å². The van der Waals surface area contributed by atoms with Gasteiger partial charge in [0.15, 0.2) is 17.9 Å². The predicted molar refractivity (Wildman–Crippen MR) is 67.3 cm³/mol. The van der Waals surface area contributed by atoms with Crippen molar-refractivity contribution < 1.29 is 14.7 Å². The van der Waals surface area contributed by atoms with Gasteiger partial charge in [0.2, 0.25) is 0 Å². The molecule has 1 rings (SSSR count). The van der Waals surface area contributed by atoms with Crippen molar-refractivity contribution in [2.75, 3.05) is 6.54 Å². The van der Waals surface area contributed by atoms with Gasteiger partial charge in [-0.1, -0.05) is 30.3 Å². The van der Waals surface area contributed by atoms with Crippen LogP contribution in [0.2, 0.25) is 0 Å². The van der Waals surface area contributed by atoms with Gasteiger partial charge in [0.1, 0.15) is 5.57 Å². The van der Waals surface area contributed by atoms with Crippen molar-refractivity contribution >= 4 is 17.8 Å². The number of nitrogens with zero attached hydrogens (tertiary/aromatic N) is 2. The number of nitriles is 2. The lowest BCUT2D eigenvalue weighted by atomic mass is 10.1. The van der Waals surface area contributed by atoms with Gasteiger partial charge in [0.25, 0.3) is 0 Å². The van der Waals surface area contributed by atoms with Crippen LogP contribution in [-0.2, 0) is 9.59 Å². The van der Waals surface area contributed by atoms with E-state index in [4.69, 9.17) is 21.4 Å². The first kappa shape index (κ1) is 16.0. The molecule has 0 radical (unpaired) electrons. The average Bonchev–Trinajstić information content (AvgIpc) is 2.45. The quantitative estimate of drug-likeness (QED) is 0.464. The SMILES string of the molecule is N#CC#N.NCC(=O)C(=Cc1ccccc1)C(=O)O. The molecule has 0 fully saturated rings. The number of nitrogens with two attached hydrogens (primary N) is 1. The maximum atomic E-state index is 11.2. The molecular formula is C13H11N3O3. The van der Waals surface area contributed by atoms with E-state index in [2.05, 4.69) is 0 Å². The summed E-state index contributed by atoms with van der Waals surface area (Å²) in [6.07, 6.45) is 1.32. The van der Waals surface area contributed by atoms with Crippen LogP contribution in [0.3, 0.4) is 0 Å². The third-order valence-electron chi connectivity index (χ3n) is 1.88. The van der Waals surface area contributed by atoms with Gasteiger partial charge in [-0.15, -0.1) is 0 Å². The Kier molecular flexibility index (Phi) is 7.69. The molecule has 1 aromatic rings. The summed E-state index contributed by atoms with van der Waals surface area (Å²) < 4.78 is 0. The lowest BCUT2D eigenvalue weighted by Gasteiger charge is -1.99. The van der Waals surface area contributed by atoms with Crippen LogP contribution in [0.25, 0.3) is 6.08 Å². The Labute approximate surface area is 110 Å². The third kappa shape index (κ3) is 6.37. The number of carbonyl (C=O) groups is 2. The Balaban J connectivity index is 0.000000711. The van der Waals surface area contributed by atoms with Crippen LogP contribution in [0, 0.1) is 22.7 Å². The van der Waals surface area contributed by atoms with Gasteiger partial charge in [-0.25, -0.2) is 4.79 Å². The van der Waals surface area contributed by atoms with Gasteiger partial charge in [-0.2, -0.15) is 10.5 Å². The number of hydrogen-bond donors (Lipinski definition) is 2. The summed E-state index contributed by atoms with van der Waals surface area (Å²) >= 11 is 0. The molecule has 0 saturated heterocycles. The van der Waals surface area contributed by atoms with E-state index >= 15 is 0 Å². The molecule has 0 bridgehead atoms. The Bertz CT molecular complexity index is 539. The fourth-order valence-corrected chi connectivity index (χ4v) is 1.09. The summed E-state index contributed by atoms with van der Waals surface area (Å²) in [6.45, 7) is -0.301. The standard InChI is InChI=1S/C11H11NO3.C2N2/c12-7-10(13)9(11(14)15)6-8-4-2-1-3-5-8;3-1-2-4/h1-6H,7,12H2,(H,14,15);. The summed E-state index contributed by atoms with van der Waals surface area (Å²) in [4.78, 5) is 21.9. The molecule has 1 aromatic carbocycles. The normalized spacial score (nSPS) is 9.32. The molecule has 0 aliphatic heterocycles. The van der Waals surface area contributed by atoms with Gasteiger partial charge in [0.05, 0.1) is 6.54 Å². The van der Waals surface area contributed by atoms with E-state index in [0.29, 0.717) is 5.56 Å². The molecule has 3 N–H and O–H groups in total. The number of rotatable bonds is 4. The lowest BCUT2D eigenvalue weighted by Crippen LogP contribution is -2.20. The maximum Gasteiger partial charge on any atom is 0.339 e. The lowest BCUT2D eigenvalue weighted by molar-refractivity contribution is -0.134. The van der Waals surface area contributed by atoms with Crippen LogP contribution >= 0.6 is 0 Å². The zero-order valence-electron chi connectivity index (χ0n) is 9.91. The number of carboxylic acids is 1. The van der Waals surface area contributed by atoms with Gasteiger partial charge in [0, 0.05) is 0 Å². The number of Topliss-reactive ketones (excluding diaryl/α,β-unsaturated/α-hetero) is 1. The van der Waals surface area contributed by atoms with E-state index in [0.717, 1.165) is 0 Å². The highest BCUT2D eigenvalue weighted by atomic mass is 16.4. The van der Waals surface area contributed by atoms with E-state index in [1.165, 1.54) is 18.2 Å². The van der Waals surface area contributed by atoms with Crippen molar-refractivity contribution in [1.29, 1.82) is 10.5 Å². The number of benzene rings is 1. The van der Waals surface area contributed by atoms with Crippen molar-refractivity contribution in [2.24, 2.45) is 5.73 Å². The zero-order chi connectivity index (χ0) is 14.7. The largest absolute Gasteiger partial charge is 0.478 e. The number of carboxylic acid groups (broad SMARTS) is 1. The highest BCUT2D eigenvalue weighted by Gasteiger charge is 2.15. The number of hydrogen-bond acceptors (Lipinski definition) is 5. The van der Waals surface area contributed by atoms with Gasteiger partial charge in [-0.05, 0) is 11.6 Å². The van der Waals surface area contributed by atoms with E-state index < -0.39 is 11.8 Å². The molecule has 0 aliphatic carbocycles. The van der Waals surface area contributed by atoms with Crippen molar-refractivity contribution in [1.82, 2.24) is 0 Å². The van der Waals surface area contributed by atoms with Gasteiger partial charge in [-0.3, -0.25) is 4.79 Å². The molecular weight excluding hydrogens is 246 g/mol. The molecule has 6 heteroatoms. The molecule has 0 unspecified atom stereocenters. The first-order valence-electron chi connectivity index (χ1n) is 5.08. The minimum Gasteiger partial charge on any atom is -0.478 e. The molecule has 19 heavy (non-hydrogen) atoms. The maximum absolute atomic E-state index is 11.2. The number of ketones is 1. The topological polar surface area (TPSA) is 128 Å². The average molecular weight is 257 g/mol. The van der Waals surface area contributed by atoms with Crippen molar-refractivity contribution in [3.63, 3.8) is 0 Å². The number of carbonyl (C=O) groups excluding carboxylic acids is 1. The number of aliphatic carboxylic acids is 1. The Morgan fingerprint density at radius 1 is 1.21 bits per heavy atom. The van der Waals surface area contributed by atoms with E-state index in [1.54, 1.807) is 24.3 Å². The summed E-state index contributed by atoms with van der Waals surface area (Å²) in [7, 11) is 0. The Hall–Kier alpha value is -2.96. The molecule has 6 nitrogen and oxygen atoms in total. The second-order valence-corrected chi connectivity index (χ2v) is 3.12. The monoisotopic (exact) mass is 257 g/mol. The van der Waals surface area contributed by atoms with Crippen LogP contribution < -0.4 is 5.73 Å². The molecule has 96 valence electrons. The molecule has 0 saturated carbocycles. The van der Waals surface area contributed by atoms with Crippen LogP contribution in [0.4, 0.5) is 0 Å². The highest BCUT2D eigenvalue weighted by Crippen LogP contribution is 2.07. The molecule has 0 amide bonds. The minimum absolute atomic E-state index is 0.288. The molecule has 0 heterocycles. The molecule has 0 atom stereocenters. The van der Waals surface area contributed by atoms with Crippen LogP contribution in [0.5, 0.6) is 0 Å². The first-order chi connectivity index (χ1) is 9.06. The first-order valence-corrected chi connectivity index (χ1v) is 5.08. The van der Waals surface area contributed by atoms with Crippen LogP contribution in [0.1, 0.15) is 5.56 Å². The Morgan fingerprint density at radius 2 is 1.74 bits per heavy atom. The van der Waals surface area contributed by atoms with Crippen LogP contribution in [0.15, 0.2) is 35.9 Å².